The molecule has 0 bridgehead atoms. The summed E-state index contributed by atoms with van der Waals surface area (Å²) in [5.41, 5.74) is 5.56. The lowest BCUT2D eigenvalue weighted by molar-refractivity contribution is -0.113. The lowest BCUT2D eigenvalue weighted by atomic mass is 10.2. The van der Waals surface area contributed by atoms with Crippen molar-refractivity contribution in [3.05, 3.63) is 96.8 Å². The Morgan fingerprint density at radius 3 is 2.21 bits per heavy atom. The number of rotatable bonds is 8. The summed E-state index contributed by atoms with van der Waals surface area (Å²) in [6.07, 6.45) is 1.58. The van der Waals surface area contributed by atoms with Gasteiger partial charge in [0, 0.05) is 18.3 Å². The van der Waals surface area contributed by atoms with Gasteiger partial charge in [-0.2, -0.15) is 0 Å². The Bertz CT molecular complexity index is 1190. The first kappa shape index (κ1) is 22.1. The van der Waals surface area contributed by atoms with Gasteiger partial charge in [0.05, 0.1) is 17.1 Å². The molecule has 0 radical (unpaired) electrons. The highest BCUT2D eigenvalue weighted by Crippen LogP contribution is 2.23. The Morgan fingerprint density at radius 2 is 1.61 bits per heavy atom. The van der Waals surface area contributed by atoms with Crippen LogP contribution in [-0.4, -0.2) is 32.3 Å². The molecule has 4 rings (SSSR count). The molecule has 1 aromatic heterocycles. The number of carbonyl (C=O) groups is 2. The minimum absolute atomic E-state index is 0.179. The van der Waals surface area contributed by atoms with Crippen molar-refractivity contribution in [3.63, 3.8) is 0 Å². The summed E-state index contributed by atoms with van der Waals surface area (Å²) < 4.78 is 1.74. The molecule has 0 aliphatic rings. The molecule has 0 saturated heterocycles. The third-order valence-corrected chi connectivity index (χ3v) is 5.69. The average Bonchev–Trinajstić information content (AvgIpc) is 3.27. The van der Waals surface area contributed by atoms with Crippen LogP contribution in [0.4, 0.5) is 17.1 Å². The quantitative estimate of drug-likeness (QED) is 0.306. The van der Waals surface area contributed by atoms with Crippen molar-refractivity contribution >= 4 is 40.6 Å². The van der Waals surface area contributed by atoms with Crippen LogP contribution in [0, 0.1) is 0 Å². The van der Waals surface area contributed by atoms with Crippen LogP contribution in [0.15, 0.2) is 96.4 Å². The van der Waals surface area contributed by atoms with E-state index in [0.29, 0.717) is 16.4 Å². The summed E-state index contributed by atoms with van der Waals surface area (Å²) in [5.74, 6) is -0.318. The third-order valence-electron chi connectivity index (χ3n) is 4.65. The van der Waals surface area contributed by atoms with Crippen LogP contribution >= 0.6 is 11.8 Å². The van der Waals surface area contributed by atoms with E-state index >= 15 is 0 Å². The third kappa shape index (κ3) is 5.78. The molecule has 33 heavy (non-hydrogen) atoms. The number of anilines is 3. The molecule has 0 aliphatic carbocycles. The Kier molecular flexibility index (Phi) is 7.01. The van der Waals surface area contributed by atoms with Gasteiger partial charge in [0.15, 0.2) is 5.16 Å². The largest absolute Gasteiger partial charge is 0.325 e. The van der Waals surface area contributed by atoms with E-state index in [4.69, 9.17) is 0 Å². The number of nitrogens with zero attached hydrogens (tertiary/aromatic N) is 4. The van der Waals surface area contributed by atoms with Crippen molar-refractivity contribution in [3.8, 4) is 0 Å². The molecule has 0 spiro atoms. The van der Waals surface area contributed by atoms with Gasteiger partial charge in [0.2, 0.25) is 5.91 Å². The molecule has 1 heterocycles. The Labute approximate surface area is 195 Å². The van der Waals surface area contributed by atoms with Crippen molar-refractivity contribution in [2.75, 3.05) is 16.1 Å². The molecule has 166 valence electrons. The Balaban J connectivity index is 1.45. The number of hydrazine groups is 1. The summed E-state index contributed by atoms with van der Waals surface area (Å²) in [6.45, 7) is 0. The molecular formula is C24H22N6O2S. The molecule has 4 aromatic rings. The maximum Gasteiger partial charge on any atom is 0.270 e. The zero-order valence-corrected chi connectivity index (χ0v) is 18.7. The van der Waals surface area contributed by atoms with Crippen molar-refractivity contribution < 1.29 is 9.59 Å². The summed E-state index contributed by atoms with van der Waals surface area (Å²) in [7, 11) is 1.82. The van der Waals surface area contributed by atoms with Crippen molar-refractivity contribution in [1.82, 2.24) is 20.2 Å². The fourth-order valence-electron chi connectivity index (χ4n) is 3.07. The van der Waals surface area contributed by atoms with Crippen LogP contribution in [0.3, 0.4) is 0 Å². The van der Waals surface area contributed by atoms with Crippen LogP contribution in [0.1, 0.15) is 10.4 Å². The standard InChI is InChI=1S/C24H22N6O2S/c1-29-17-25-27-24(29)33-16-22(31)26-19-10-8-9-18(15-19)23(32)28-30(20-11-4-2-5-12-20)21-13-6-3-7-14-21/h2-15,17H,16H2,1H3,(H,26,31)(H,28,32). The van der Waals surface area contributed by atoms with Crippen molar-refractivity contribution in [2.45, 2.75) is 5.16 Å². The van der Waals surface area contributed by atoms with Gasteiger partial charge in [0.25, 0.3) is 5.91 Å². The molecule has 2 N–H and O–H groups in total. The Hall–Kier alpha value is -4.11. The molecule has 3 aromatic carbocycles. The van der Waals surface area contributed by atoms with E-state index in [1.54, 1.807) is 40.2 Å². The van der Waals surface area contributed by atoms with Crippen LogP contribution in [0.25, 0.3) is 0 Å². The van der Waals surface area contributed by atoms with Crippen molar-refractivity contribution in [1.29, 1.82) is 0 Å². The predicted molar refractivity (Wildman–Crippen MR) is 129 cm³/mol. The van der Waals surface area contributed by atoms with E-state index in [9.17, 15) is 9.59 Å². The average molecular weight is 459 g/mol. The fourth-order valence-corrected chi connectivity index (χ4v) is 3.76. The second kappa shape index (κ2) is 10.5. The highest BCUT2D eigenvalue weighted by molar-refractivity contribution is 7.99. The number of thioether (sulfide) groups is 1. The van der Waals surface area contributed by atoms with E-state index in [1.165, 1.54) is 11.8 Å². The fraction of sp³-hybridized carbons (Fsp3) is 0.0833. The van der Waals surface area contributed by atoms with E-state index in [2.05, 4.69) is 20.9 Å². The van der Waals surface area contributed by atoms with Gasteiger partial charge in [0.1, 0.15) is 6.33 Å². The zero-order chi connectivity index (χ0) is 23.0. The maximum atomic E-state index is 13.1. The van der Waals surface area contributed by atoms with Crippen molar-refractivity contribution in [2.24, 2.45) is 7.05 Å². The van der Waals surface area contributed by atoms with E-state index in [0.717, 1.165) is 11.4 Å². The van der Waals surface area contributed by atoms with Gasteiger partial charge in [-0.25, -0.2) is 0 Å². The molecule has 8 nitrogen and oxygen atoms in total. The SMILES string of the molecule is Cn1cnnc1SCC(=O)Nc1cccc(C(=O)NN(c2ccccc2)c2ccccc2)c1. The first-order valence-corrected chi connectivity index (χ1v) is 11.2. The van der Waals surface area contributed by atoms with Crippen LogP contribution in [0.2, 0.25) is 0 Å². The van der Waals surface area contributed by atoms with Gasteiger partial charge in [-0.1, -0.05) is 54.2 Å². The number of hydrogen-bond acceptors (Lipinski definition) is 6. The van der Waals surface area contributed by atoms with Gasteiger partial charge < -0.3 is 9.88 Å². The number of aromatic nitrogens is 3. The normalized spacial score (nSPS) is 10.5. The highest BCUT2D eigenvalue weighted by Gasteiger charge is 2.15. The van der Waals surface area contributed by atoms with Crippen LogP contribution in [-0.2, 0) is 11.8 Å². The molecule has 0 fully saturated rings. The molecular weight excluding hydrogens is 436 g/mol. The number of benzene rings is 3. The number of amides is 2. The maximum absolute atomic E-state index is 13.1. The second-order valence-corrected chi connectivity index (χ2v) is 8.03. The highest BCUT2D eigenvalue weighted by atomic mass is 32.2. The monoisotopic (exact) mass is 458 g/mol. The summed E-state index contributed by atoms with van der Waals surface area (Å²) in [4.78, 5) is 25.4. The van der Waals surface area contributed by atoms with Gasteiger partial charge >= 0.3 is 0 Å². The molecule has 9 heteroatoms. The molecule has 2 amide bonds. The number of nitrogens with one attached hydrogen (secondary N) is 2. The summed E-state index contributed by atoms with van der Waals surface area (Å²) in [6, 6.07) is 26.0. The predicted octanol–water partition coefficient (Wildman–Crippen LogP) is 4.03. The lowest BCUT2D eigenvalue weighted by Gasteiger charge is -2.25. The smallest absolute Gasteiger partial charge is 0.270 e. The van der Waals surface area contributed by atoms with E-state index in [-0.39, 0.29) is 17.6 Å². The first-order valence-electron chi connectivity index (χ1n) is 10.2. The molecule has 0 atom stereocenters. The first-order chi connectivity index (χ1) is 16.1. The molecule has 0 saturated carbocycles. The number of aryl methyl sites for hydroxylation is 1. The molecule has 0 unspecified atom stereocenters. The molecule has 0 aliphatic heterocycles. The summed E-state index contributed by atoms with van der Waals surface area (Å²) >= 11 is 1.29. The topological polar surface area (TPSA) is 92.1 Å². The van der Waals surface area contributed by atoms with Crippen LogP contribution in [0.5, 0.6) is 0 Å². The van der Waals surface area contributed by atoms with E-state index in [1.807, 2.05) is 67.7 Å². The number of para-hydroxylation sites is 2. The van der Waals surface area contributed by atoms with E-state index < -0.39 is 0 Å². The van der Waals surface area contributed by atoms with Gasteiger partial charge in [-0.05, 0) is 42.5 Å². The number of carbonyl (C=O) groups excluding carboxylic acids is 2. The van der Waals surface area contributed by atoms with Crippen LogP contribution < -0.4 is 15.8 Å². The lowest BCUT2D eigenvalue weighted by Crippen LogP contribution is -2.38. The minimum Gasteiger partial charge on any atom is -0.325 e. The summed E-state index contributed by atoms with van der Waals surface area (Å²) in [5, 5.41) is 12.9. The second-order valence-electron chi connectivity index (χ2n) is 7.09. The number of hydrogen-bond donors (Lipinski definition) is 2. The minimum atomic E-state index is -0.299. The Morgan fingerprint density at radius 1 is 0.939 bits per heavy atom. The zero-order valence-electron chi connectivity index (χ0n) is 17.9. The van der Waals surface area contributed by atoms with Gasteiger partial charge in [-0.3, -0.25) is 20.0 Å². The van der Waals surface area contributed by atoms with Gasteiger partial charge in [-0.15, -0.1) is 10.2 Å².